The highest BCUT2D eigenvalue weighted by Crippen LogP contribution is 2.25. The van der Waals surface area contributed by atoms with E-state index in [0.717, 1.165) is 0 Å². The molecule has 0 spiro atoms. The fourth-order valence-electron chi connectivity index (χ4n) is 3.73. The summed E-state index contributed by atoms with van der Waals surface area (Å²) in [5, 5.41) is 7.76. The normalized spacial score (nSPS) is 17.9. The lowest BCUT2D eigenvalue weighted by atomic mass is 9.98. The first-order chi connectivity index (χ1) is 16.4. The molecule has 1 fully saturated rings. The zero-order chi connectivity index (χ0) is 26.2. The Kier molecular flexibility index (Phi) is 9.82. The van der Waals surface area contributed by atoms with Gasteiger partial charge in [0.15, 0.2) is 9.84 Å². The molecule has 35 heavy (non-hydrogen) atoms. The van der Waals surface area contributed by atoms with Crippen molar-refractivity contribution >= 4 is 34.0 Å². The van der Waals surface area contributed by atoms with Gasteiger partial charge in [0, 0.05) is 12.5 Å². The van der Waals surface area contributed by atoms with Crippen LogP contribution < -0.4 is 16.0 Å². The predicted molar refractivity (Wildman–Crippen MR) is 129 cm³/mol. The van der Waals surface area contributed by atoms with E-state index in [9.17, 15) is 27.6 Å². The van der Waals surface area contributed by atoms with Crippen LogP contribution in [0, 0.1) is 11.8 Å². The molecule has 1 saturated heterocycles. The number of aldehydes is 1. The molecule has 3 atom stereocenters. The maximum atomic E-state index is 12.9. The van der Waals surface area contributed by atoms with Crippen molar-refractivity contribution in [3.05, 3.63) is 30.3 Å². The standard InChI is InChI=1S/C24H35N3O7S/c1-16(2)12-20(22(30)26-18(14-28)13-17-10-11-25-21(17)29)27-23(31)34-15-24(3,4)35(32,33)19-8-6-5-7-9-19/h5-9,14,16-18,20H,10-13,15H2,1-4H3,(H,25,29)(H,26,30)(H,27,31)/t17-,18-,20-/m0/s1. The van der Waals surface area contributed by atoms with Crippen molar-refractivity contribution in [3.63, 3.8) is 0 Å². The lowest BCUT2D eigenvalue weighted by molar-refractivity contribution is -0.127. The van der Waals surface area contributed by atoms with Crippen molar-refractivity contribution in [2.75, 3.05) is 13.2 Å². The second kappa shape index (κ2) is 12.1. The SMILES string of the molecule is CC(C)C[C@H](NC(=O)OCC(C)(C)S(=O)(=O)c1ccccc1)C(=O)N[C@H](C=O)C[C@@H]1CCNC1=O. The number of alkyl carbamates (subject to hydrolysis) is 1. The summed E-state index contributed by atoms with van der Waals surface area (Å²) in [4.78, 5) is 48.8. The number of hydrogen-bond acceptors (Lipinski definition) is 7. The summed E-state index contributed by atoms with van der Waals surface area (Å²) < 4.78 is 29.6. The van der Waals surface area contributed by atoms with Crippen LogP contribution in [0.15, 0.2) is 35.2 Å². The van der Waals surface area contributed by atoms with Crippen molar-refractivity contribution in [1.82, 2.24) is 16.0 Å². The van der Waals surface area contributed by atoms with Crippen LogP contribution in [-0.4, -0.2) is 62.6 Å². The van der Waals surface area contributed by atoms with E-state index in [2.05, 4.69) is 16.0 Å². The van der Waals surface area contributed by atoms with E-state index in [0.29, 0.717) is 19.3 Å². The maximum absolute atomic E-state index is 12.9. The molecule has 0 aliphatic carbocycles. The Balaban J connectivity index is 2.00. The van der Waals surface area contributed by atoms with Crippen LogP contribution in [-0.2, 0) is 29.0 Å². The first kappa shape index (κ1) is 28.3. The van der Waals surface area contributed by atoms with Gasteiger partial charge in [0.1, 0.15) is 23.7 Å². The summed E-state index contributed by atoms with van der Waals surface area (Å²) in [7, 11) is -3.79. The molecule has 194 valence electrons. The number of benzene rings is 1. The zero-order valence-electron chi connectivity index (χ0n) is 20.6. The molecule has 10 nitrogen and oxygen atoms in total. The van der Waals surface area contributed by atoms with Gasteiger partial charge in [-0.15, -0.1) is 0 Å². The third-order valence-corrected chi connectivity index (χ3v) is 8.31. The summed E-state index contributed by atoms with van der Waals surface area (Å²) >= 11 is 0. The molecule has 3 amide bonds. The van der Waals surface area contributed by atoms with E-state index in [1.165, 1.54) is 26.0 Å². The van der Waals surface area contributed by atoms with E-state index < -0.39 is 45.3 Å². The van der Waals surface area contributed by atoms with Gasteiger partial charge in [0.2, 0.25) is 11.8 Å². The molecule has 3 N–H and O–H groups in total. The van der Waals surface area contributed by atoms with Crippen LogP contribution in [0.25, 0.3) is 0 Å². The van der Waals surface area contributed by atoms with Crippen LogP contribution >= 0.6 is 0 Å². The molecular weight excluding hydrogens is 474 g/mol. The lowest BCUT2D eigenvalue weighted by Crippen LogP contribution is -2.51. The van der Waals surface area contributed by atoms with Crippen molar-refractivity contribution in [3.8, 4) is 0 Å². The number of amides is 3. The minimum Gasteiger partial charge on any atom is -0.448 e. The van der Waals surface area contributed by atoms with Gasteiger partial charge in [-0.2, -0.15) is 0 Å². The Hall–Kier alpha value is -2.95. The summed E-state index contributed by atoms with van der Waals surface area (Å²) in [5.74, 6) is -1.07. The van der Waals surface area contributed by atoms with Crippen molar-refractivity contribution in [1.29, 1.82) is 0 Å². The number of nitrogens with one attached hydrogen (secondary N) is 3. The van der Waals surface area contributed by atoms with Crippen molar-refractivity contribution in [2.24, 2.45) is 11.8 Å². The molecule has 0 bridgehead atoms. The molecule has 2 rings (SSSR count). The Morgan fingerprint density at radius 1 is 1.20 bits per heavy atom. The van der Waals surface area contributed by atoms with Crippen molar-refractivity contribution < 1.29 is 32.3 Å². The van der Waals surface area contributed by atoms with Gasteiger partial charge in [-0.25, -0.2) is 13.2 Å². The number of rotatable bonds is 12. The minimum absolute atomic E-state index is 0.0243. The quantitative estimate of drug-likeness (QED) is 0.362. The van der Waals surface area contributed by atoms with E-state index in [1.807, 2.05) is 13.8 Å². The molecule has 0 aromatic heterocycles. The molecule has 1 aromatic carbocycles. The van der Waals surface area contributed by atoms with Gasteiger partial charge in [-0.3, -0.25) is 9.59 Å². The molecule has 1 heterocycles. The number of hydrogen-bond donors (Lipinski definition) is 3. The number of carbonyl (C=O) groups excluding carboxylic acids is 4. The fraction of sp³-hybridized carbons (Fsp3) is 0.583. The van der Waals surface area contributed by atoms with Gasteiger partial charge in [-0.1, -0.05) is 32.0 Å². The largest absolute Gasteiger partial charge is 0.448 e. The molecule has 1 aliphatic rings. The number of carbonyl (C=O) groups is 4. The molecular formula is C24H35N3O7S. The minimum atomic E-state index is -3.79. The van der Waals surface area contributed by atoms with Crippen LogP contribution in [0.4, 0.5) is 4.79 Å². The monoisotopic (exact) mass is 509 g/mol. The third-order valence-electron chi connectivity index (χ3n) is 5.84. The van der Waals surface area contributed by atoms with Crippen LogP contribution in [0.3, 0.4) is 0 Å². The molecule has 0 saturated carbocycles. The first-order valence-corrected chi connectivity index (χ1v) is 13.1. The smallest absolute Gasteiger partial charge is 0.407 e. The molecule has 11 heteroatoms. The topological polar surface area (TPSA) is 148 Å². The fourth-order valence-corrected chi connectivity index (χ4v) is 5.10. The van der Waals surface area contributed by atoms with E-state index in [1.54, 1.807) is 18.2 Å². The molecule has 1 aromatic rings. The van der Waals surface area contributed by atoms with Crippen LogP contribution in [0.2, 0.25) is 0 Å². The summed E-state index contributed by atoms with van der Waals surface area (Å²) in [5.41, 5.74) is 0. The van der Waals surface area contributed by atoms with Gasteiger partial charge >= 0.3 is 6.09 Å². The van der Waals surface area contributed by atoms with Gasteiger partial charge in [-0.05, 0) is 51.2 Å². The average molecular weight is 510 g/mol. The molecule has 1 aliphatic heterocycles. The van der Waals surface area contributed by atoms with Gasteiger partial charge in [0.05, 0.1) is 10.9 Å². The second-order valence-electron chi connectivity index (χ2n) is 9.74. The summed E-state index contributed by atoms with van der Waals surface area (Å²) in [6.07, 6.45) is 0.652. The Bertz CT molecular complexity index is 1010. The average Bonchev–Trinajstić information content (AvgIpc) is 3.21. The first-order valence-electron chi connectivity index (χ1n) is 11.6. The van der Waals surface area contributed by atoms with Crippen molar-refractivity contribution in [2.45, 2.75) is 68.7 Å². The predicted octanol–water partition coefficient (Wildman–Crippen LogP) is 1.59. The maximum Gasteiger partial charge on any atom is 0.407 e. The highest BCUT2D eigenvalue weighted by Gasteiger charge is 2.37. The number of ether oxygens (including phenoxy) is 1. The highest BCUT2D eigenvalue weighted by atomic mass is 32.2. The second-order valence-corrected chi connectivity index (χ2v) is 12.3. The number of sulfone groups is 1. The van der Waals surface area contributed by atoms with Crippen LogP contribution in [0.5, 0.6) is 0 Å². The summed E-state index contributed by atoms with van der Waals surface area (Å²) in [6.45, 7) is 6.73. The highest BCUT2D eigenvalue weighted by molar-refractivity contribution is 7.92. The van der Waals surface area contributed by atoms with E-state index in [4.69, 9.17) is 4.74 Å². The Morgan fingerprint density at radius 3 is 2.40 bits per heavy atom. The Labute approximate surface area is 206 Å². The van der Waals surface area contributed by atoms with E-state index >= 15 is 0 Å². The lowest BCUT2D eigenvalue weighted by Gasteiger charge is -2.26. The third kappa shape index (κ3) is 7.78. The van der Waals surface area contributed by atoms with Crippen LogP contribution in [0.1, 0.15) is 47.0 Å². The van der Waals surface area contributed by atoms with Gasteiger partial charge < -0.3 is 25.5 Å². The molecule has 0 radical (unpaired) electrons. The Morgan fingerprint density at radius 2 is 1.86 bits per heavy atom. The van der Waals surface area contributed by atoms with Gasteiger partial charge in [0.25, 0.3) is 0 Å². The molecule has 0 unspecified atom stereocenters. The zero-order valence-corrected chi connectivity index (χ0v) is 21.4. The van der Waals surface area contributed by atoms with E-state index in [-0.39, 0.29) is 35.5 Å². The summed E-state index contributed by atoms with van der Waals surface area (Å²) in [6, 6.07) is 5.98.